The molecule has 25 heavy (non-hydrogen) atoms. The zero-order valence-electron chi connectivity index (χ0n) is 14.6. The number of benzene rings is 2. The van der Waals surface area contributed by atoms with Crippen molar-refractivity contribution in [1.82, 2.24) is 0 Å². The summed E-state index contributed by atoms with van der Waals surface area (Å²) < 4.78 is 5.62. The number of carbonyl (C=O) groups is 1. The first kappa shape index (κ1) is 19.4. The predicted octanol–water partition coefficient (Wildman–Crippen LogP) is 5.25. The Bertz CT molecular complexity index is 716. The van der Waals surface area contributed by atoms with E-state index >= 15 is 0 Å². The molecule has 0 fully saturated rings. The van der Waals surface area contributed by atoms with Crippen LogP contribution in [0.2, 0.25) is 10.0 Å². The molecule has 134 valence electrons. The molecule has 0 aromatic heterocycles. The first-order valence-corrected chi connectivity index (χ1v) is 8.97. The van der Waals surface area contributed by atoms with Crippen LogP contribution in [0, 0.1) is 0 Å². The molecule has 1 amide bonds. The lowest BCUT2D eigenvalue weighted by Gasteiger charge is -2.21. The van der Waals surface area contributed by atoms with E-state index in [0.29, 0.717) is 15.8 Å². The lowest BCUT2D eigenvalue weighted by molar-refractivity contribution is -0.122. The van der Waals surface area contributed by atoms with Crippen LogP contribution in [-0.2, 0) is 4.79 Å². The molecule has 1 atom stereocenters. The summed E-state index contributed by atoms with van der Waals surface area (Å²) in [6.07, 6.45) is -0.693. The Morgan fingerprint density at radius 1 is 1.12 bits per heavy atom. The highest BCUT2D eigenvalue weighted by molar-refractivity contribution is 6.35. The fourth-order valence-corrected chi connectivity index (χ4v) is 2.86. The van der Waals surface area contributed by atoms with Crippen LogP contribution in [-0.4, -0.2) is 25.1 Å². The molecule has 0 spiro atoms. The van der Waals surface area contributed by atoms with Crippen molar-refractivity contribution < 1.29 is 9.53 Å². The summed E-state index contributed by atoms with van der Waals surface area (Å²) in [7, 11) is 0. The maximum atomic E-state index is 12.3. The normalized spacial score (nSPS) is 11.7. The zero-order valence-corrected chi connectivity index (χ0v) is 16.1. The van der Waals surface area contributed by atoms with E-state index in [2.05, 4.69) is 24.1 Å². The van der Waals surface area contributed by atoms with E-state index in [1.54, 1.807) is 25.1 Å². The van der Waals surface area contributed by atoms with Gasteiger partial charge in [0.05, 0.1) is 5.02 Å². The average molecular weight is 381 g/mol. The van der Waals surface area contributed by atoms with Gasteiger partial charge in [-0.2, -0.15) is 0 Å². The fraction of sp³-hybridized carbons (Fsp3) is 0.316. The van der Waals surface area contributed by atoms with Crippen molar-refractivity contribution in [3.63, 3.8) is 0 Å². The molecule has 6 heteroatoms. The van der Waals surface area contributed by atoms with Crippen LogP contribution in [0.5, 0.6) is 5.75 Å². The number of hydrogen-bond acceptors (Lipinski definition) is 3. The lowest BCUT2D eigenvalue weighted by Crippen LogP contribution is -2.30. The number of ether oxygens (including phenoxy) is 1. The van der Waals surface area contributed by atoms with Gasteiger partial charge >= 0.3 is 0 Å². The SMILES string of the molecule is CCN(CC)c1ccc(NC(=O)C(C)Oc2ccc(Cl)cc2Cl)cc1. The summed E-state index contributed by atoms with van der Waals surface area (Å²) in [6.45, 7) is 7.77. The second-order valence-electron chi connectivity index (χ2n) is 5.54. The van der Waals surface area contributed by atoms with Gasteiger partial charge in [0.2, 0.25) is 0 Å². The molecule has 0 saturated heterocycles. The van der Waals surface area contributed by atoms with Gasteiger partial charge in [0.15, 0.2) is 6.10 Å². The Morgan fingerprint density at radius 3 is 2.32 bits per heavy atom. The van der Waals surface area contributed by atoms with Gasteiger partial charge < -0.3 is 15.0 Å². The van der Waals surface area contributed by atoms with Crippen LogP contribution in [0.25, 0.3) is 0 Å². The van der Waals surface area contributed by atoms with E-state index in [4.69, 9.17) is 27.9 Å². The van der Waals surface area contributed by atoms with Gasteiger partial charge in [-0.1, -0.05) is 23.2 Å². The molecule has 0 bridgehead atoms. The van der Waals surface area contributed by atoms with Crippen LogP contribution < -0.4 is 15.0 Å². The summed E-state index contributed by atoms with van der Waals surface area (Å²) in [5.74, 6) is 0.173. The first-order chi connectivity index (χ1) is 11.9. The molecule has 1 unspecified atom stereocenters. The van der Waals surface area contributed by atoms with Gasteiger partial charge in [-0.15, -0.1) is 0 Å². The number of halogens is 2. The van der Waals surface area contributed by atoms with Gasteiger partial charge in [0, 0.05) is 29.5 Å². The Morgan fingerprint density at radius 2 is 1.76 bits per heavy atom. The average Bonchev–Trinajstić information content (AvgIpc) is 2.59. The second kappa shape index (κ2) is 8.97. The summed E-state index contributed by atoms with van der Waals surface area (Å²) >= 11 is 11.9. The summed E-state index contributed by atoms with van der Waals surface area (Å²) in [5.41, 5.74) is 1.85. The minimum absolute atomic E-state index is 0.249. The molecule has 0 aliphatic rings. The minimum atomic E-state index is -0.693. The zero-order chi connectivity index (χ0) is 18.4. The molecule has 2 aromatic carbocycles. The Balaban J connectivity index is 1.98. The van der Waals surface area contributed by atoms with Gasteiger partial charge in [-0.05, 0) is 63.2 Å². The Kier molecular flexibility index (Phi) is 6.97. The van der Waals surface area contributed by atoms with Crippen molar-refractivity contribution in [2.45, 2.75) is 26.9 Å². The maximum Gasteiger partial charge on any atom is 0.265 e. The number of amides is 1. The number of nitrogens with zero attached hydrogens (tertiary/aromatic N) is 1. The number of nitrogens with one attached hydrogen (secondary N) is 1. The van der Waals surface area contributed by atoms with Crippen molar-refractivity contribution in [3.05, 3.63) is 52.5 Å². The molecular weight excluding hydrogens is 359 g/mol. The Labute approximate surface area is 158 Å². The van der Waals surface area contributed by atoms with Crippen LogP contribution >= 0.6 is 23.2 Å². The van der Waals surface area contributed by atoms with E-state index < -0.39 is 6.10 Å². The molecule has 1 N–H and O–H groups in total. The number of rotatable bonds is 7. The van der Waals surface area contributed by atoms with Crippen molar-refractivity contribution >= 4 is 40.5 Å². The molecule has 0 radical (unpaired) electrons. The van der Waals surface area contributed by atoms with Crippen molar-refractivity contribution in [3.8, 4) is 5.75 Å². The third-order valence-corrected chi connectivity index (χ3v) is 4.36. The van der Waals surface area contributed by atoms with Gasteiger partial charge in [0.25, 0.3) is 5.91 Å². The number of carbonyl (C=O) groups excluding carboxylic acids is 1. The van der Waals surface area contributed by atoms with Crippen molar-refractivity contribution in [1.29, 1.82) is 0 Å². The molecule has 0 aliphatic carbocycles. The summed E-state index contributed by atoms with van der Waals surface area (Å²) in [6, 6.07) is 12.6. The van der Waals surface area contributed by atoms with Crippen LogP contribution in [0.4, 0.5) is 11.4 Å². The molecular formula is C19H22Cl2N2O2. The van der Waals surface area contributed by atoms with Gasteiger partial charge in [-0.3, -0.25) is 4.79 Å². The molecule has 0 saturated carbocycles. The van der Waals surface area contributed by atoms with Crippen LogP contribution in [0.15, 0.2) is 42.5 Å². The smallest absolute Gasteiger partial charge is 0.265 e. The molecule has 2 rings (SSSR count). The third-order valence-electron chi connectivity index (χ3n) is 3.83. The maximum absolute atomic E-state index is 12.3. The number of hydrogen-bond donors (Lipinski definition) is 1. The highest BCUT2D eigenvalue weighted by atomic mass is 35.5. The summed E-state index contributed by atoms with van der Waals surface area (Å²) in [5, 5.41) is 3.73. The highest BCUT2D eigenvalue weighted by Gasteiger charge is 2.16. The fourth-order valence-electron chi connectivity index (χ4n) is 2.40. The van der Waals surface area contributed by atoms with E-state index in [1.165, 1.54) is 0 Å². The molecule has 4 nitrogen and oxygen atoms in total. The van der Waals surface area contributed by atoms with Crippen LogP contribution in [0.3, 0.4) is 0 Å². The van der Waals surface area contributed by atoms with Crippen molar-refractivity contribution in [2.24, 2.45) is 0 Å². The first-order valence-electron chi connectivity index (χ1n) is 8.22. The van der Waals surface area contributed by atoms with E-state index in [1.807, 2.05) is 24.3 Å². The largest absolute Gasteiger partial charge is 0.479 e. The topological polar surface area (TPSA) is 41.6 Å². The quantitative estimate of drug-likeness (QED) is 0.713. The summed E-state index contributed by atoms with van der Waals surface area (Å²) in [4.78, 5) is 14.5. The van der Waals surface area contributed by atoms with Crippen LogP contribution in [0.1, 0.15) is 20.8 Å². The number of anilines is 2. The molecule has 0 heterocycles. The lowest BCUT2D eigenvalue weighted by atomic mass is 10.2. The van der Waals surface area contributed by atoms with Gasteiger partial charge in [-0.25, -0.2) is 0 Å². The van der Waals surface area contributed by atoms with E-state index in [0.717, 1.165) is 24.5 Å². The second-order valence-corrected chi connectivity index (χ2v) is 6.39. The minimum Gasteiger partial charge on any atom is -0.479 e. The third kappa shape index (κ3) is 5.28. The molecule has 2 aromatic rings. The van der Waals surface area contributed by atoms with E-state index in [9.17, 15) is 4.79 Å². The van der Waals surface area contributed by atoms with Gasteiger partial charge in [0.1, 0.15) is 5.75 Å². The Hall–Kier alpha value is -1.91. The predicted molar refractivity (Wildman–Crippen MR) is 105 cm³/mol. The monoisotopic (exact) mass is 380 g/mol. The van der Waals surface area contributed by atoms with E-state index in [-0.39, 0.29) is 5.91 Å². The van der Waals surface area contributed by atoms with Crippen molar-refractivity contribution in [2.75, 3.05) is 23.3 Å². The standard InChI is InChI=1S/C19H22Cl2N2O2/c1-4-23(5-2)16-9-7-15(8-10-16)22-19(24)13(3)25-18-11-6-14(20)12-17(18)21/h6-13H,4-5H2,1-3H3,(H,22,24). The molecule has 0 aliphatic heterocycles. The highest BCUT2D eigenvalue weighted by Crippen LogP contribution is 2.28.